The molecule has 1 aliphatic carbocycles. The first-order valence-electron chi connectivity index (χ1n) is 5.87. The largest absolute Gasteiger partial charge is 0.464 e. The number of thiophene rings is 1. The molecule has 4 heteroatoms. The lowest BCUT2D eigenvalue weighted by Crippen LogP contribution is -2.14. The predicted octanol–water partition coefficient (Wildman–Crippen LogP) is 3.89. The summed E-state index contributed by atoms with van der Waals surface area (Å²) in [5.41, 5.74) is 0. The van der Waals surface area contributed by atoms with Gasteiger partial charge in [0.1, 0.15) is 11.5 Å². The van der Waals surface area contributed by atoms with Gasteiger partial charge in [-0.3, -0.25) is 0 Å². The topological polar surface area (TPSA) is 25.2 Å². The molecule has 1 saturated carbocycles. The van der Waals surface area contributed by atoms with E-state index >= 15 is 0 Å². The molecule has 0 aromatic carbocycles. The van der Waals surface area contributed by atoms with Crippen LogP contribution in [0.15, 0.2) is 38.3 Å². The molecule has 1 aliphatic rings. The minimum Gasteiger partial charge on any atom is -0.464 e. The van der Waals surface area contributed by atoms with Gasteiger partial charge < -0.3 is 9.73 Å². The maximum Gasteiger partial charge on any atom is 0.118 e. The van der Waals surface area contributed by atoms with Gasteiger partial charge in [0, 0.05) is 6.04 Å². The monoisotopic (exact) mass is 265 g/mol. The van der Waals surface area contributed by atoms with E-state index in [-0.39, 0.29) is 0 Å². The second-order valence-electron chi connectivity index (χ2n) is 4.24. The van der Waals surface area contributed by atoms with Crippen molar-refractivity contribution in [2.45, 2.75) is 35.4 Å². The van der Waals surface area contributed by atoms with E-state index in [1.807, 2.05) is 11.8 Å². The molecule has 0 aliphatic heterocycles. The maximum absolute atomic E-state index is 5.78. The molecule has 2 aromatic heterocycles. The van der Waals surface area contributed by atoms with E-state index in [0.29, 0.717) is 0 Å². The minimum absolute atomic E-state index is 0.740. The van der Waals surface area contributed by atoms with E-state index in [1.54, 1.807) is 11.3 Å². The van der Waals surface area contributed by atoms with Crippen molar-refractivity contribution in [1.29, 1.82) is 0 Å². The highest BCUT2D eigenvalue weighted by Gasteiger charge is 2.20. The zero-order chi connectivity index (χ0) is 11.5. The van der Waals surface area contributed by atoms with Crippen molar-refractivity contribution < 1.29 is 4.42 Å². The summed E-state index contributed by atoms with van der Waals surface area (Å²) >= 11 is 3.61. The molecule has 0 bridgehead atoms. The highest BCUT2D eigenvalue weighted by molar-refractivity contribution is 8.00. The van der Waals surface area contributed by atoms with Crippen LogP contribution < -0.4 is 5.32 Å². The molecule has 2 nitrogen and oxygen atoms in total. The van der Waals surface area contributed by atoms with Crippen molar-refractivity contribution in [2.24, 2.45) is 0 Å². The predicted molar refractivity (Wildman–Crippen MR) is 72.4 cm³/mol. The molecule has 2 heterocycles. The van der Waals surface area contributed by atoms with Crippen LogP contribution in [0.3, 0.4) is 0 Å². The maximum atomic E-state index is 5.78. The average molecular weight is 265 g/mol. The highest BCUT2D eigenvalue weighted by Crippen LogP contribution is 2.27. The van der Waals surface area contributed by atoms with Crippen molar-refractivity contribution in [3.05, 3.63) is 41.2 Å². The van der Waals surface area contributed by atoms with Crippen LogP contribution in [0.4, 0.5) is 0 Å². The summed E-state index contributed by atoms with van der Waals surface area (Å²) in [6.45, 7) is 0.869. The Hall–Kier alpha value is -0.710. The Labute approximate surface area is 109 Å². The summed E-state index contributed by atoms with van der Waals surface area (Å²) in [6.07, 6.45) is 2.64. The van der Waals surface area contributed by atoms with Gasteiger partial charge in [0.25, 0.3) is 0 Å². The molecule has 17 heavy (non-hydrogen) atoms. The molecule has 1 fully saturated rings. The van der Waals surface area contributed by atoms with Gasteiger partial charge in [0.2, 0.25) is 0 Å². The fourth-order valence-electron chi connectivity index (χ4n) is 1.62. The van der Waals surface area contributed by atoms with E-state index in [9.17, 15) is 0 Å². The van der Waals surface area contributed by atoms with Crippen LogP contribution in [0.2, 0.25) is 0 Å². The molecule has 0 saturated heterocycles. The molecule has 3 rings (SSSR count). The molecule has 1 N–H and O–H groups in total. The fourth-order valence-corrected chi connectivity index (χ4v) is 3.29. The van der Waals surface area contributed by atoms with Crippen LogP contribution in [0.1, 0.15) is 24.4 Å². The average Bonchev–Trinajstić information content (AvgIpc) is 2.86. The summed E-state index contributed by atoms with van der Waals surface area (Å²) in [6, 6.07) is 9.14. The number of thioether (sulfide) groups is 1. The first-order valence-corrected chi connectivity index (χ1v) is 7.74. The first-order chi connectivity index (χ1) is 8.40. The Morgan fingerprint density at radius 2 is 2.18 bits per heavy atom. The zero-order valence-corrected chi connectivity index (χ0v) is 11.2. The zero-order valence-electron chi connectivity index (χ0n) is 9.52. The van der Waals surface area contributed by atoms with Gasteiger partial charge in [0.05, 0.1) is 16.5 Å². The summed E-state index contributed by atoms with van der Waals surface area (Å²) in [7, 11) is 0. The normalized spacial score (nSPS) is 15.3. The molecule has 90 valence electrons. The molecule has 0 spiro atoms. The van der Waals surface area contributed by atoms with E-state index in [1.165, 1.54) is 17.1 Å². The molecule has 0 amide bonds. The summed E-state index contributed by atoms with van der Waals surface area (Å²) < 4.78 is 7.13. The van der Waals surface area contributed by atoms with Gasteiger partial charge in [-0.2, -0.15) is 0 Å². The number of hydrogen-bond donors (Lipinski definition) is 1. The Morgan fingerprint density at radius 1 is 1.29 bits per heavy atom. The van der Waals surface area contributed by atoms with Crippen LogP contribution in [0.5, 0.6) is 0 Å². The summed E-state index contributed by atoms with van der Waals surface area (Å²) in [5, 5.41) is 5.56. The Balaban J connectivity index is 1.49. The number of rotatable bonds is 6. The second-order valence-corrected chi connectivity index (χ2v) is 6.47. The van der Waals surface area contributed by atoms with Crippen LogP contribution in [-0.4, -0.2) is 6.04 Å². The highest BCUT2D eigenvalue weighted by atomic mass is 32.2. The second kappa shape index (κ2) is 5.29. The molecular weight excluding hydrogens is 250 g/mol. The van der Waals surface area contributed by atoms with E-state index in [0.717, 1.165) is 29.9 Å². The van der Waals surface area contributed by atoms with Gasteiger partial charge in [0.15, 0.2) is 0 Å². The van der Waals surface area contributed by atoms with Crippen molar-refractivity contribution in [2.75, 3.05) is 0 Å². The van der Waals surface area contributed by atoms with Crippen molar-refractivity contribution in [3.8, 4) is 0 Å². The summed E-state index contributed by atoms with van der Waals surface area (Å²) in [4.78, 5) is 0. The third-order valence-electron chi connectivity index (χ3n) is 2.71. The van der Waals surface area contributed by atoms with E-state index < -0.39 is 0 Å². The van der Waals surface area contributed by atoms with Gasteiger partial charge in [-0.05, 0) is 36.4 Å². The standard InChI is InChI=1S/C13H15NOS2/c1-2-13(16-7-1)17-9-12-6-5-11(15-12)8-14-10-3-4-10/h1-2,5-7,10,14H,3-4,8-9H2. The number of hydrogen-bond acceptors (Lipinski definition) is 4. The minimum atomic E-state index is 0.740. The Morgan fingerprint density at radius 3 is 2.94 bits per heavy atom. The van der Waals surface area contributed by atoms with Crippen LogP contribution in [0.25, 0.3) is 0 Å². The fraction of sp³-hybridized carbons (Fsp3) is 0.385. The molecular formula is C13H15NOS2. The van der Waals surface area contributed by atoms with Crippen LogP contribution >= 0.6 is 23.1 Å². The summed E-state index contributed by atoms with van der Waals surface area (Å²) in [5.74, 6) is 3.04. The SMILES string of the molecule is c1csc(SCc2ccc(CNC3CC3)o2)c1. The quantitative estimate of drug-likeness (QED) is 0.802. The molecule has 0 atom stereocenters. The van der Waals surface area contributed by atoms with Gasteiger partial charge in [-0.1, -0.05) is 6.07 Å². The lowest BCUT2D eigenvalue weighted by molar-refractivity contribution is 0.458. The third kappa shape index (κ3) is 3.37. The molecule has 0 unspecified atom stereocenters. The lowest BCUT2D eigenvalue weighted by Gasteiger charge is -1.98. The lowest BCUT2D eigenvalue weighted by atomic mass is 10.4. The van der Waals surface area contributed by atoms with Crippen molar-refractivity contribution >= 4 is 23.1 Å². The number of nitrogens with one attached hydrogen (secondary N) is 1. The first kappa shape index (κ1) is 11.4. The van der Waals surface area contributed by atoms with Gasteiger partial charge >= 0.3 is 0 Å². The Bertz CT molecular complexity index is 459. The van der Waals surface area contributed by atoms with Gasteiger partial charge in [-0.15, -0.1) is 23.1 Å². The van der Waals surface area contributed by atoms with Crippen molar-refractivity contribution in [3.63, 3.8) is 0 Å². The van der Waals surface area contributed by atoms with Gasteiger partial charge in [-0.25, -0.2) is 0 Å². The van der Waals surface area contributed by atoms with Crippen molar-refractivity contribution in [1.82, 2.24) is 5.32 Å². The van der Waals surface area contributed by atoms with Crippen LogP contribution in [-0.2, 0) is 12.3 Å². The van der Waals surface area contributed by atoms with E-state index in [4.69, 9.17) is 4.42 Å². The van der Waals surface area contributed by atoms with Crippen LogP contribution in [0, 0.1) is 0 Å². The molecule has 2 aromatic rings. The number of furan rings is 1. The Kier molecular flexibility index (Phi) is 3.54. The molecule has 0 radical (unpaired) electrons. The smallest absolute Gasteiger partial charge is 0.118 e. The van der Waals surface area contributed by atoms with E-state index in [2.05, 4.69) is 35.0 Å². The third-order valence-corrected chi connectivity index (χ3v) is 4.86.